The number of methoxy groups -OCH3 is 1. The van der Waals surface area contributed by atoms with Crippen LogP contribution in [-0.4, -0.2) is 31.6 Å². The van der Waals surface area contributed by atoms with Crippen molar-refractivity contribution in [3.05, 3.63) is 53.6 Å². The molecule has 1 aliphatic heterocycles. The van der Waals surface area contributed by atoms with E-state index in [1.807, 2.05) is 56.3 Å². The normalized spacial score (nSPS) is 16.5. The van der Waals surface area contributed by atoms with Gasteiger partial charge in [-0.3, -0.25) is 4.79 Å². The molecule has 0 aliphatic carbocycles. The van der Waals surface area contributed by atoms with Crippen molar-refractivity contribution in [3.63, 3.8) is 0 Å². The lowest BCUT2D eigenvalue weighted by Gasteiger charge is -2.18. The topological polar surface area (TPSA) is 70.7 Å². The highest BCUT2D eigenvalue weighted by Crippen LogP contribution is 2.24. The Balaban J connectivity index is 1.60. The second-order valence-corrected chi connectivity index (χ2v) is 6.52. The highest BCUT2D eigenvalue weighted by molar-refractivity contribution is 5.97. The SMILES string of the molecule is COc1ccc(N2C[C@H](NC(=O)Nc3ccc(C)cc3C)CC2=O)cc1. The third-order valence-electron chi connectivity index (χ3n) is 4.47. The number of urea groups is 1. The largest absolute Gasteiger partial charge is 0.497 e. The number of anilines is 2. The summed E-state index contributed by atoms with van der Waals surface area (Å²) in [5.74, 6) is 0.731. The number of carbonyl (C=O) groups is 2. The van der Waals surface area contributed by atoms with Crippen LogP contribution >= 0.6 is 0 Å². The lowest BCUT2D eigenvalue weighted by atomic mass is 10.1. The van der Waals surface area contributed by atoms with E-state index in [1.54, 1.807) is 12.0 Å². The summed E-state index contributed by atoms with van der Waals surface area (Å²) >= 11 is 0. The van der Waals surface area contributed by atoms with E-state index in [2.05, 4.69) is 10.6 Å². The lowest BCUT2D eigenvalue weighted by molar-refractivity contribution is -0.117. The van der Waals surface area contributed by atoms with Gasteiger partial charge in [0.25, 0.3) is 0 Å². The van der Waals surface area contributed by atoms with Gasteiger partial charge in [-0.25, -0.2) is 4.79 Å². The molecule has 3 rings (SSSR count). The first-order chi connectivity index (χ1) is 12.5. The van der Waals surface area contributed by atoms with Gasteiger partial charge in [-0.2, -0.15) is 0 Å². The first-order valence-corrected chi connectivity index (χ1v) is 8.55. The molecule has 1 heterocycles. The minimum atomic E-state index is -0.300. The molecule has 2 aromatic carbocycles. The summed E-state index contributed by atoms with van der Waals surface area (Å²) in [5, 5.41) is 5.74. The minimum absolute atomic E-state index is 0.00742. The first-order valence-electron chi connectivity index (χ1n) is 8.55. The van der Waals surface area contributed by atoms with Gasteiger partial charge >= 0.3 is 6.03 Å². The summed E-state index contributed by atoms with van der Waals surface area (Å²) in [6.45, 7) is 4.41. The highest BCUT2D eigenvalue weighted by Gasteiger charge is 2.31. The van der Waals surface area contributed by atoms with Crippen molar-refractivity contribution >= 4 is 23.3 Å². The van der Waals surface area contributed by atoms with E-state index in [0.717, 1.165) is 28.3 Å². The van der Waals surface area contributed by atoms with Crippen molar-refractivity contribution < 1.29 is 14.3 Å². The van der Waals surface area contributed by atoms with Crippen LogP contribution in [0.5, 0.6) is 5.75 Å². The van der Waals surface area contributed by atoms with Gasteiger partial charge in [-0.1, -0.05) is 17.7 Å². The average Bonchev–Trinajstić information content (AvgIpc) is 2.97. The quantitative estimate of drug-likeness (QED) is 0.886. The number of hydrogen-bond donors (Lipinski definition) is 2. The third kappa shape index (κ3) is 3.96. The molecule has 26 heavy (non-hydrogen) atoms. The molecule has 0 aromatic heterocycles. The Morgan fingerprint density at radius 2 is 1.88 bits per heavy atom. The predicted octanol–water partition coefficient (Wildman–Crippen LogP) is 3.24. The summed E-state index contributed by atoms with van der Waals surface area (Å²) in [7, 11) is 1.60. The van der Waals surface area contributed by atoms with E-state index < -0.39 is 0 Å². The van der Waals surface area contributed by atoms with E-state index >= 15 is 0 Å². The van der Waals surface area contributed by atoms with Crippen molar-refractivity contribution in [1.82, 2.24) is 5.32 Å². The fraction of sp³-hybridized carbons (Fsp3) is 0.300. The van der Waals surface area contributed by atoms with Gasteiger partial charge in [-0.05, 0) is 49.7 Å². The number of carbonyl (C=O) groups excluding carboxylic acids is 2. The molecular weight excluding hydrogens is 330 g/mol. The molecule has 0 saturated carbocycles. The van der Waals surface area contributed by atoms with E-state index in [4.69, 9.17) is 4.74 Å². The fourth-order valence-corrected chi connectivity index (χ4v) is 3.11. The van der Waals surface area contributed by atoms with Crippen LogP contribution in [0.2, 0.25) is 0 Å². The summed E-state index contributed by atoms with van der Waals surface area (Å²) in [4.78, 5) is 26.2. The van der Waals surface area contributed by atoms with Gasteiger partial charge in [0, 0.05) is 24.3 Å². The van der Waals surface area contributed by atoms with E-state index in [1.165, 1.54) is 0 Å². The van der Waals surface area contributed by atoms with Gasteiger partial charge in [0.05, 0.1) is 13.2 Å². The van der Waals surface area contributed by atoms with Crippen LogP contribution < -0.4 is 20.3 Å². The molecule has 136 valence electrons. The Morgan fingerprint density at radius 1 is 1.15 bits per heavy atom. The summed E-state index contributed by atoms with van der Waals surface area (Å²) in [6.07, 6.45) is 0.284. The average molecular weight is 353 g/mol. The lowest BCUT2D eigenvalue weighted by Crippen LogP contribution is -2.39. The molecule has 1 fully saturated rings. The molecule has 0 bridgehead atoms. The molecule has 0 radical (unpaired) electrons. The summed E-state index contributed by atoms with van der Waals surface area (Å²) < 4.78 is 5.14. The number of benzene rings is 2. The van der Waals surface area contributed by atoms with E-state index in [9.17, 15) is 9.59 Å². The molecular formula is C20H23N3O3. The number of amides is 3. The standard InChI is InChI=1S/C20H23N3O3/c1-13-4-9-18(14(2)10-13)22-20(25)21-15-11-19(24)23(12-15)16-5-7-17(26-3)8-6-16/h4-10,15H,11-12H2,1-3H3,(H2,21,22,25)/t15-/m1/s1. The molecule has 0 unspecified atom stereocenters. The Kier molecular flexibility index (Phi) is 5.11. The maximum atomic E-state index is 12.3. The maximum Gasteiger partial charge on any atom is 0.319 e. The van der Waals surface area contributed by atoms with Gasteiger partial charge in [0.2, 0.25) is 5.91 Å². The monoisotopic (exact) mass is 353 g/mol. The Labute approximate surface area is 153 Å². The zero-order valence-electron chi connectivity index (χ0n) is 15.2. The van der Waals surface area contributed by atoms with E-state index in [0.29, 0.717) is 6.54 Å². The first kappa shape index (κ1) is 17.8. The third-order valence-corrected chi connectivity index (χ3v) is 4.47. The molecule has 1 aliphatic rings. The second-order valence-electron chi connectivity index (χ2n) is 6.52. The number of rotatable bonds is 4. The highest BCUT2D eigenvalue weighted by atomic mass is 16.5. The summed E-state index contributed by atoms with van der Waals surface area (Å²) in [6, 6.07) is 12.6. The van der Waals surface area contributed by atoms with E-state index in [-0.39, 0.29) is 24.4 Å². The van der Waals surface area contributed by atoms with Crippen LogP contribution in [0.25, 0.3) is 0 Å². The second kappa shape index (κ2) is 7.47. The van der Waals surface area contributed by atoms with Gasteiger partial charge in [-0.15, -0.1) is 0 Å². The van der Waals surface area contributed by atoms with Crippen molar-refractivity contribution in [1.29, 1.82) is 0 Å². The minimum Gasteiger partial charge on any atom is -0.497 e. The number of ether oxygens (including phenoxy) is 1. The van der Waals surface area contributed by atoms with Crippen molar-refractivity contribution in [2.75, 3.05) is 23.9 Å². The molecule has 6 nitrogen and oxygen atoms in total. The molecule has 2 N–H and O–H groups in total. The van der Waals surface area contributed by atoms with Crippen LogP contribution in [0.3, 0.4) is 0 Å². The molecule has 3 amide bonds. The Morgan fingerprint density at radius 3 is 2.54 bits per heavy atom. The van der Waals surface area contributed by atoms with Gasteiger partial charge in [0.1, 0.15) is 5.75 Å². The molecule has 6 heteroatoms. The molecule has 0 spiro atoms. The van der Waals surface area contributed by atoms with Crippen LogP contribution in [0.1, 0.15) is 17.5 Å². The smallest absolute Gasteiger partial charge is 0.319 e. The molecule has 1 atom stereocenters. The van der Waals surface area contributed by atoms with Crippen molar-refractivity contribution in [2.45, 2.75) is 26.3 Å². The number of hydrogen-bond acceptors (Lipinski definition) is 3. The molecule has 2 aromatic rings. The predicted molar refractivity (Wildman–Crippen MR) is 102 cm³/mol. The van der Waals surface area contributed by atoms with Crippen molar-refractivity contribution in [3.8, 4) is 5.75 Å². The number of nitrogens with zero attached hydrogens (tertiary/aromatic N) is 1. The van der Waals surface area contributed by atoms with Gasteiger partial charge in [0.15, 0.2) is 0 Å². The zero-order chi connectivity index (χ0) is 18.7. The Hall–Kier alpha value is -3.02. The number of nitrogens with one attached hydrogen (secondary N) is 2. The zero-order valence-corrected chi connectivity index (χ0v) is 15.2. The van der Waals surface area contributed by atoms with Crippen LogP contribution in [0.4, 0.5) is 16.2 Å². The maximum absolute atomic E-state index is 12.3. The fourth-order valence-electron chi connectivity index (χ4n) is 3.11. The number of aryl methyl sites for hydroxylation is 2. The van der Waals surface area contributed by atoms with Crippen LogP contribution in [0.15, 0.2) is 42.5 Å². The molecule has 1 saturated heterocycles. The van der Waals surface area contributed by atoms with Crippen LogP contribution in [0, 0.1) is 13.8 Å². The van der Waals surface area contributed by atoms with Crippen LogP contribution in [-0.2, 0) is 4.79 Å². The van der Waals surface area contributed by atoms with Gasteiger partial charge < -0.3 is 20.3 Å². The Bertz CT molecular complexity index is 818. The summed E-state index contributed by atoms with van der Waals surface area (Å²) in [5.41, 5.74) is 3.71. The van der Waals surface area contributed by atoms with Crippen molar-refractivity contribution in [2.24, 2.45) is 0 Å².